The predicted octanol–water partition coefficient (Wildman–Crippen LogP) is 3.64. The smallest absolute Gasteiger partial charge is 0.341 e. The molecule has 1 aliphatic carbocycles. The Morgan fingerprint density at radius 3 is 2.55 bits per heavy atom. The maximum absolute atomic E-state index is 12.8. The van der Waals surface area contributed by atoms with E-state index in [1.54, 1.807) is 18.2 Å². The van der Waals surface area contributed by atoms with Crippen LogP contribution in [0.3, 0.4) is 0 Å². The molecule has 1 aliphatic rings. The lowest BCUT2D eigenvalue weighted by Gasteiger charge is -2.13. The molecule has 154 valence electrons. The van der Waals surface area contributed by atoms with E-state index >= 15 is 0 Å². The fourth-order valence-electron chi connectivity index (χ4n) is 3.34. The Hall–Kier alpha value is -2.87. The number of ketones is 1. The average Bonchev–Trinajstić information content (AvgIpc) is 3.08. The second-order valence-corrected chi connectivity index (χ2v) is 7.77. The minimum atomic E-state index is -0.608. The van der Waals surface area contributed by atoms with E-state index in [1.165, 1.54) is 32.5 Å². The van der Waals surface area contributed by atoms with Crippen LogP contribution >= 0.6 is 11.3 Å². The number of hydrogen-bond acceptors (Lipinski definition) is 7. The molecule has 7 nitrogen and oxygen atoms in total. The zero-order valence-electron chi connectivity index (χ0n) is 16.6. The lowest BCUT2D eigenvalue weighted by molar-refractivity contribution is -0.114. The largest absolute Gasteiger partial charge is 0.497 e. The van der Waals surface area contributed by atoms with Crippen molar-refractivity contribution in [2.24, 2.45) is 0 Å². The normalized spacial score (nSPS) is 12.7. The lowest BCUT2D eigenvalue weighted by atomic mass is 9.95. The van der Waals surface area contributed by atoms with Gasteiger partial charge in [0, 0.05) is 11.8 Å². The Morgan fingerprint density at radius 1 is 1.10 bits per heavy atom. The van der Waals surface area contributed by atoms with E-state index in [2.05, 4.69) is 5.32 Å². The zero-order chi connectivity index (χ0) is 21.0. The van der Waals surface area contributed by atoms with Gasteiger partial charge in [-0.1, -0.05) is 0 Å². The number of ether oxygens (including phenoxy) is 3. The number of methoxy groups -OCH3 is 2. The third-order valence-corrected chi connectivity index (χ3v) is 5.91. The van der Waals surface area contributed by atoms with Gasteiger partial charge >= 0.3 is 5.97 Å². The number of aryl methyl sites for hydroxylation is 1. The van der Waals surface area contributed by atoms with Crippen LogP contribution in [0.25, 0.3) is 0 Å². The average molecular weight is 417 g/mol. The molecule has 2 aromatic rings. The summed E-state index contributed by atoms with van der Waals surface area (Å²) in [6.07, 6.45) is 3.66. The fourth-order valence-corrected chi connectivity index (χ4v) is 4.67. The molecule has 0 radical (unpaired) electrons. The molecule has 1 aromatic heterocycles. The Morgan fingerprint density at radius 2 is 1.86 bits per heavy atom. The van der Waals surface area contributed by atoms with Gasteiger partial charge in [-0.2, -0.15) is 0 Å². The molecule has 1 N–H and O–H groups in total. The highest BCUT2D eigenvalue weighted by Crippen LogP contribution is 2.38. The van der Waals surface area contributed by atoms with Crippen LogP contribution in [0.5, 0.6) is 11.5 Å². The van der Waals surface area contributed by atoms with Crippen molar-refractivity contribution in [2.45, 2.75) is 32.6 Å². The van der Waals surface area contributed by atoms with Crippen molar-refractivity contribution in [2.75, 3.05) is 26.1 Å². The summed E-state index contributed by atoms with van der Waals surface area (Å²) in [7, 11) is 2.96. The number of nitrogens with one attached hydrogen (secondary N) is 1. The van der Waals surface area contributed by atoms with Crippen LogP contribution in [-0.4, -0.2) is 38.5 Å². The topological polar surface area (TPSA) is 90.9 Å². The third kappa shape index (κ3) is 4.59. The van der Waals surface area contributed by atoms with Gasteiger partial charge in [-0.05, 0) is 49.4 Å². The highest BCUT2D eigenvalue weighted by Gasteiger charge is 2.27. The van der Waals surface area contributed by atoms with Crippen LogP contribution in [0, 0.1) is 0 Å². The molecule has 29 heavy (non-hydrogen) atoms. The molecule has 0 bridgehead atoms. The molecule has 3 rings (SSSR count). The molecule has 8 heteroatoms. The van der Waals surface area contributed by atoms with Gasteiger partial charge in [0.25, 0.3) is 0 Å². The van der Waals surface area contributed by atoms with Gasteiger partial charge in [0.1, 0.15) is 16.5 Å². The van der Waals surface area contributed by atoms with Gasteiger partial charge in [-0.15, -0.1) is 11.3 Å². The van der Waals surface area contributed by atoms with E-state index in [4.69, 9.17) is 14.2 Å². The first-order valence-corrected chi connectivity index (χ1v) is 10.1. The molecule has 1 heterocycles. The summed E-state index contributed by atoms with van der Waals surface area (Å²) in [4.78, 5) is 38.1. The van der Waals surface area contributed by atoms with Gasteiger partial charge in [-0.3, -0.25) is 9.59 Å². The second kappa shape index (κ2) is 9.09. The van der Waals surface area contributed by atoms with E-state index in [0.717, 1.165) is 36.1 Å². The van der Waals surface area contributed by atoms with Crippen molar-refractivity contribution in [3.8, 4) is 11.5 Å². The van der Waals surface area contributed by atoms with Crippen molar-refractivity contribution in [1.29, 1.82) is 0 Å². The van der Waals surface area contributed by atoms with E-state index in [-0.39, 0.29) is 11.5 Å². The zero-order valence-corrected chi connectivity index (χ0v) is 17.4. The molecule has 1 amide bonds. The molecule has 0 unspecified atom stereocenters. The molecule has 0 spiro atoms. The first-order chi connectivity index (χ1) is 13.9. The predicted molar refractivity (Wildman–Crippen MR) is 109 cm³/mol. The minimum Gasteiger partial charge on any atom is -0.497 e. The molecular weight excluding hydrogens is 394 g/mol. The van der Waals surface area contributed by atoms with Crippen LogP contribution < -0.4 is 14.8 Å². The second-order valence-electron chi connectivity index (χ2n) is 6.66. The Balaban J connectivity index is 1.80. The monoisotopic (exact) mass is 417 g/mol. The Kier molecular flexibility index (Phi) is 6.53. The van der Waals surface area contributed by atoms with E-state index < -0.39 is 18.4 Å². The summed E-state index contributed by atoms with van der Waals surface area (Å²) < 4.78 is 15.7. The Bertz CT molecular complexity index is 949. The molecule has 0 atom stereocenters. The number of carbonyl (C=O) groups excluding carboxylic acids is 3. The number of carbonyl (C=O) groups is 3. The molecule has 0 saturated carbocycles. The number of Topliss-reactive ketones (excluding diaryl/α,β-unsaturated/α-hetero) is 1. The number of benzene rings is 1. The summed E-state index contributed by atoms with van der Waals surface area (Å²) in [5.74, 6) is -0.392. The standard InChI is InChI=1S/C21H23NO6S/c1-12(23)22-20-19(14-6-4-5-7-18(14)29-20)21(25)28-11-16(24)15-10-13(26-2)8-9-17(15)27-3/h8-10H,4-7,11H2,1-3H3,(H,22,23). The number of rotatable bonds is 7. The molecule has 0 fully saturated rings. The van der Waals surface area contributed by atoms with Gasteiger partial charge in [0.15, 0.2) is 6.61 Å². The van der Waals surface area contributed by atoms with E-state index in [0.29, 0.717) is 22.1 Å². The Labute approximate surface area is 173 Å². The van der Waals surface area contributed by atoms with Gasteiger partial charge in [-0.25, -0.2) is 4.79 Å². The molecule has 0 aliphatic heterocycles. The van der Waals surface area contributed by atoms with E-state index in [9.17, 15) is 14.4 Å². The van der Waals surface area contributed by atoms with Gasteiger partial charge in [0.2, 0.25) is 11.7 Å². The lowest BCUT2D eigenvalue weighted by Crippen LogP contribution is -2.18. The van der Waals surface area contributed by atoms with Crippen molar-refractivity contribution in [1.82, 2.24) is 0 Å². The maximum Gasteiger partial charge on any atom is 0.341 e. The minimum absolute atomic E-state index is 0.255. The van der Waals surface area contributed by atoms with Crippen molar-refractivity contribution >= 4 is 34.0 Å². The summed E-state index contributed by atoms with van der Waals surface area (Å²) in [6, 6.07) is 4.85. The SMILES string of the molecule is COc1ccc(OC)c(C(=O)COC(=O)c2c(NC(C)=O)sc3c2CCCC3)c1. The summed E-state index contributed by atoms with van der Waals surface area (Å²) in [6.45, 7) is 0.957. The van der Waals surface area contributed by atoms with Gasteiger partial charge < -0.3 is 19.5 Å². The molecular formula is C21H23NO6S. The number of thiophene rings is 1. The maximum atomic E-state index is 12.8. The van der Waals surface area contributed by atoms with Crippen molar-refractivity contribution < 1.29 is 28.6 Å². The van der Waals surface area contributed by atoms with Crippen LogP contribution in [0.15, 0.2) is 18.2 Å². The number of anilines is 1. The number of hydrogen-bond donors (Lipinski definition) is 1. The number of fused-ring (bicyclic) bond motifs is 1. The van der Waals surface area contributed by atoms with Crippen LogP contribution in [0.1, 0.15) is 50.9 Å². The van der Waals surface area contributed by atoms with Crippen molar-refractivity contribution in [3.05, 3.63) is 39.8 Å². The van der Waals surface area contributed by atoms with Crippen LogP contribution in [-0.2, 0) is 22.4 Å². The fraction of sp³-hybridized carbons (Fsp3) is 0.381. The summed E-state index contributed by atoms with van der Waals surface area (Å²) >= 11 is 1.41. The first kappa shape index (κ1) is 20.9. The highest BCUT2D eigenvalue weighted by atomic mass is 32.1. The third-order valence-electron chi connectivity index (χ3n) is 4.71. The number of esters is 1. The molecule has 1 aromatic carbocycles. The quantitative estimate of drug-likeness (QED) is 0.546. The molecule has 0 saturated heterocycles. The number of amides is 1. The van der Waals surface area contributed by atoms with Crippen LogP contribution in [0.2, 0.25) is 0 Å². The summed E-state index contributed by atoms with van der Waals surface area (Å²) in [5.41, 5.74) is 1.56. The van der Waals surface area contributed by atoms with Crippen LogP contribution in [0.4, 0.5) is 5.00 Å². The van der Waals surface area contributed by atoms with Crippen molar-refractivity contribution in [3.63, 3.8) is 0 Å². The first-order valence-electron chi connectivity index (χ1n) is 9.29. The van der Waals surface area contributed by atoms with E-state index in [1.807, 2.05) is 0 Å². The van der Waals surface area contributed by atoms with Gasteiger partial charge in [0.05, 0.1) is 25.3 Å². The summed E-state index contributed by atoms with van der Waals surface area (Å²) in [5, 5.41) is 3.21. The highest BCUT2D eigenvalue weighted by molar-refractivity contribution is 7.17.